The van der Waals surface area contributed by atoms with Crippen LogP contribution in [0.1, 0.15) is 38.3 Å². The summed E-state index contributed by atoms with van der Waals surface area (Å²) in [7, 11) is 0. The van der Waals surface area contributed by atoms with E-state index in [-0.39, 0.29) is 12.8 Å². The van der Waals surface area contributed by atoms with Crippen LogP contribution >= 0.6 is 11.6 Å². The van der Waals surface area contributed by atoms with Crippen molar-refractivity contribution in [3.63, 3.8) is 0 Å². The highest BCUT2D eigenvalue weighted by Gasteiger charge is 2.31. The predicted molar refractivity (Wildman–Crippen MR) is 83.9 cm³/mol. The van der Waals surface area contributed by atoms with Gasteiger partial charge in [0, 0.05) is 18.6 Å². The third kappa shape index (κ3) is 2.72. The Balaban J connectivity index is 1.91. The summed E-state index contributed by atoms with van der Waals surface area (Å²) in [5.41, 5.74) is 7.20. The van der Waals surface area contributed by atoms with E-state index in [9.17, 15) is 0 Å². The van der Waals surface area contributed by atoms with Gasteiger partial charge < -0.3 is 15.2 Å². The normalized spacial score (nSPS) is 26.9. The number of hydrogen-bond acceptors (Lipinski definition) is 4. The van der Waals surface area contributed by atoms with Gasteiger partial charge in [0.05, 0.1) is 5.02 Å². The molecule has 2 aliphatic heterocycles. The minimum atomic E-state index is 0.176. The van der Waals surface area contributed by atoms with Crippen molar-refractivity contribution in [3.8, 4) is 11.5 Å². The zero-order valence-corrected chi connectivity index (χ0v) is 13.4. The van der Waals surface area contributed by atoms with Crippen molar-refractivity contribution in [2.75, 3.05) is 19.9 Å². The summed E-state index contributed by atoms with van der Waals surface area (Å²) >= 11 is 6.32. The maximum atomic E-state index is 6.32. The minimum Gasteiger partial charge on any atom is -0.454 e. The second kappa shape index (κ2) is 6.03. The quantitative estimate of drug-likeness (QED) is 0.931. The van der Waals surface area contributed by atoms with Gasteiger partial charge >= 0.3 is 0 Å². The van der Waals surface area contributed by atoms with Crippen LogP contribution in [0.2, 0.25) is 5.02 Å². The van der Waals surface area contributed by atoms with E-state index in [1.165, 1.54) is 12.8 Å². The molecule has 21 heavy (non-hydrogen) atoms. The van der Waals surface area contributed by atoms with Crippen LogP contribution in [0.3, 0.4) is 0 Å². The van der Waals surface area contributed by atoms with E-state index in [1.54, 1.807) is 0 Å². The predicted octanol–water partition coefficient (Wildman–Crippen LogP) is 3.19. The molecule has 0 radical (unpaired) electrons. The average Bonchev–Trinajstić information content (AvgIpc) is 2.93. The molecule has 0 saturated carbocycles. The van der Waals surface area contributed by atoms with Crippen LogP contribution in [0.4, 0.5) is 0 Å². The molecule has 0 spiro atoms. The van der Waals surface area contributed by atoms with E-state index < -0.39 is 0 Å². The molecule has 0 aliphatic carbocycles. The van der Waals surface area contributed by atoms with E-state index in [0.29, 0.717) is 29.3 Å². The molecule has 3 atom stereocenters. The summed E-state index contributed by atoms with van der Waals surface area (Å²) in [5.74, 6) is 2.07. The van der Waals surface area contributed by atoms with Crippen LogP contribution in [0.15, 0.2) is 12.1 Å². The second-order valence-corrected chi connectivity index (χ2v) is 6.49. The SMILES string of the molecule is CC1CCCN(C(CN)c2cc(Cl)c3c(c2)OCO3)C1C. The van der Waals surface area contributed by atoms with Crippen molar-refractivity contribution in [1.82, 2.24) is 4.90 Å². The molecule has 5 heteroatoms. The standard InChI is InChI=1S/C16H23ClN2O2/c1-10-4-3-5-19(11(10)2)14(8-18)12-6-13(17)16-15(7-12)20-9-21-16/h6-7,10-11,14H,3-5,8-9,18H2,1-2H3. The van der Waals surface area contributed by atoms with Gasteiger partial charge in [0.15, 0.2) is 11.5 Å². The highest BCUT2D eigenvalue weighted by molar-refractivity contribution is 6.32. The lowest BCUT2D eigenvalue weighted by atomic mass is 9.89. The monoisotopic (exact) mass is 310 g/mol. The van der Waals surface area contributed by atoms with Crippen molar-refractivity contribution in [3.05, 3.63) is 22.7 Å². The zero-order chi connectivity index (χ0) is 15.0. The van der Waals surface area contributed by atoms with Crippen LogP contribution < -0.4 is 15.2 Å². The molecular formula is C16H23ClN2O2. The molecule has 116 valence electrons. The number of ether oxygens (including phenoxy) is 2. The molecular weight excluding hydrogens is 288 g/mol. The number of fused-ring (bicyclic) bond motifs is 1. The molecule has 0 bridgehead atoms. The third-order valence-electron chi connectivity index (χ3n) is 4.88. The lowest BCUT2D eigenvalue weighted by molar-refractivity contribution is 0.0709. The highest BCUT2D eigenvalue weighted by Crippen LogP contribution is 2.42. The van der Waals surface area contributed by atoms with E-state index in [0.717, 1.165) is 17.9 Å². The number of likely N-dealkylation sites (tertiary alicyclic amines) is 1. The molecule has 3 unspecified atom stereocenters. The van der Waals surface area contributed by atoms with Gasteiger partial charge in [-0.05, 0) is 49.9 Å². The smallest absolute Gasteiger partial charge is 0.231 e. The van der Waals surface area contributed by atoms with Crippen LogP contribution in [0.25, 0.3) is 0 Å². The van der Waals surface area contributed by atoms with E-state index in [1.807, 2.05) is 12.1 Å². The summed E-state index contributed by atoms with van der Waals surface area (Å²) < 4.78 is 10.9. The number of halogens is 1. The Kier molecular flexibility index (Phi) is 4.29. The lowest BCUT2D eigenvalue weighted by Crippen LogP contribution is -2.46. The van der Waals surface area contributed by atoms with Crippen molar-refractivity contribution in [2.45, 2.75) is 38.8 Å². The van der Waals surface area contributed by atoms with E-state index in [4.69, 9.17) is 26.8 Å². The largest absolute Gasteiger partial charge is 0.454 e. The number of piperidine rings is 1. The molecule has 3 rings (SSSR count). The van der Waals surface area contributed by atoms with Gasteiger partial charge in [-0.3, -0.25) is 4.90 Å². The molecule has 4 nitrogen and oxygen atoms in total. The first-order chi connectivity index (χ1) is 10.1. The van der Waals surface area contributed by atoms with Crippen molar-refractivity contribution < 1.29 is 9.47 Å². The molecule has 1 saturated heterocycles. The average molecular weight is 311 g/mol. The first-order valence-corrected chi connectivity index (χ1v) is 8.04. The molecule has 1 fully saturated rings. The molecule has 1 aromatic rings. The molecule has 2 heterocycles. The Labute approximate surface area is 131 Å². The van der Waals surface area contributed by atoms with E-state index in [2.05, 4.69) is 18.7 Å². The zero-order valence-electron chi connectivity index (χ0n) is 12.6. The van der Waals surface area contributed by atoms with Crippen molar-refractivity contribution in [1.29, 1.82) is 0 Å². The Morgan fingerprint density at radius 3 is 2.95 bits per heavy atom. The Morgan fingerprint density at radius 2 is 2.19 bits per heavy atom. The van der Waals surface area contributed by atoms with Crippen LogP contribution in [-0.4, -0.2) is 30.8 Å². The van der Waals surface area contributed by atoms with E-state index >= 15 is 0 Å². The first-order valence-electron chi connectivity index (χ1n) is 7.66. The van der Waals surface area contributed by atoms with Gasteiger partial charge in [-0.2, -0.15) is 0 Å². The molecule has 1 aromatic carbocycles. The number of hydrogen-bond donors (Lipinski definition) is 1. The van der Waals surface area contributed by atoms with Gasteiger partial charge in [0.2, 0.25) is 6.79 Å². The maximum absolute atomic E-state index is 6.32. The van der Waals surface area contributed by atoms with Gasteiger partial charge in [-0.1, -0.05) is 18.5 Å². The number of benzene rings is 1. The van der Waals surface area contributed by atoms with Crippen LogP contribution in [-0.2, 0) is 0 Å². The number of nitrogens with two attached hydrogens (primary N) is 1. The van der Waals surface area contributed by atoms with Crippen LogP contribution in [0, 0.1) is 5.92 Å². The number of nitrogens with zero attached hydrogens (tertiary/aromatic N) is 1. The molecule has 0 amide bonds. The maximum Gasteiger partial charge on any atom is 0.231 e. The van der Waals surface area contributed by atoms with Gasteiger partial charge in [0.1, 0.15) is 0 Å². The fraction of sp³-hybridized carbons (Fsp3) is 0.625. The Morgan fingerprint density at radius 1 is 1.38 bits per heavy atom. The third-order valence-corrected chi connectivity index (χ3v) is 5.16. The van der Waals surface area contributed by atoms with Crippen molar-refractivity contribution in [2.24, 2.45) is 11.7 Å². The summed E-state index contributed by atoms with van der Waals surface area (Å²) in [6.45, 7) is 6.51. The molecule has 0 aromatic heterocycles. The van der Waals surface area contributed by atoms with Gasteiger partial charge in [0.25, 0.3) is 0 Å². The van der Waals surface area contributed by atoms with Crippen molar-refractivity contribution >= 4 is 11.6 Å². The summed E-state index contributed by atoms with van der Waals surface area (Å²) in [4.78, 5) is 2.50. The van der Waals surface area contributed by atoms with Crippen LogP contribution in [0.5, 0.6) is 11.5 Å². The number of rotatable bonds is 3. The lowest BCUT2D eigenvalue weighted by Gasteiger charge is -2.42. The molecule has 2 N–H and O–H groups in total. The minimum absolute atomic E-state index is 0.176. The first kappa shape index (κ1) is 14.9. The summed E-state index contributed by atoms with van der Waals surface area (Å²) in [6, 6.07) is 4.70. The summed E-state index contributed by atoms with van der Waals surface area (Å²) in [6.07, 6.45) is 2.51. The van der Waals surface area contributed by atoms with Gasteiger partial charge in [-0.15, -0.1) is 0 Å². The fourth-order valence-electron chi connectivity index (χ4n) is 3.45. The highest BCUT2D eigenvalue weighted by atomic mass is 35.5. The molecule has 2 aliphatic rings. The Bertz CT molecular complexity index is 523. The summed E-state index contributed by atoms with van der Waals surface area (Å²) in [5, 5.41) is 0.608. The topological polar surface area (TPSA) is 47.7 Å². The van der Waals surface area contributed by atoms with Gasteiger partial charge in [-0.25, -0.2) is 0 Å². The second-order valence-electron chi connectivity index (χ2n) is 6.09. The Hall–Kier alpha value is -0.970. The fourth-order valence-corrected chi connectivity index (χ4v) is 3.72.